The molecule has 0 bridgehead atoms. The van der Waals surface area contributed by atoms with Crippen molar-refractivity contribution < 1.29 is 24.5 Å². The molecule has 2 aliphatic heterocycles. The zero-order valence-electron chi connectivity index (χ0n) is 20.3. The standard InChI is InChI=1S/C27H32Cl2N2O5/c28-24-21(7-8-22(25(24)29)36-17-23(32)33)27(35)18-13-19(15-30-9-3-1-4-10-30)26(34)20(14-18)16-31-11-5-2-6-12-31/h7-8,13-14,34H,1-6,9-12,15-17H2,(H,32,33). The largest absolute Gasteiger partial charge is 0.507 e. The average molecular weight is 535 g/mol. The second kappa shape index (κ2) is 12.3. The predicted molar refractivity (Wildman–Crippen MR) is 139 cm³/mol. The van der Waals surface area contributed by atoms with E-state index in [1.165, 1.54) is 25.0 Å². The molecular weight excluding hydrogens is 503 g/mol. The summed E-state index contributed by atoms with van der Waals surface area (Å²) in [7, 11) is 0. The zero-order chi connectivity index (χ0) is 25.7. The molecule has 0 amide bonds. The van der Waals surface area contributed by atoms with Crippen molar-refractivity contribution in [1.29, 1.82) is 0 Å². The van der Waals surface area contributed by atoms with E-state index in [0.29, 0.717) is 18.7 Å². The maximum atomic E-state index is 13.6. The highest BCUT2D eigenvalue weighted by molar-refractivity contribution is 6.45. The van der Waals surface area contributed by atoms with Crippen molar-refractivity contribution >= 4 is 35.0 Å². The Bertz CT molecular complexity index is 1070. The number of nitrogens with zero attached hydrogens (tertiary/aromatic N) is 2. The lowest BCUT2D eigenvalue weighted by atomic mass is 9.96. The molecule has 0 unspecified atom stereocenters. The molecule has 4 rings (SSSR count). The molecule has 0 atom stereocenters. The van der Waals surface area contributed by atoms with Crippen molar-refractivity contribution in [3.63, 3.8) is 0 Å². The zero-order valence-corrected chi connectivity index (χ0v) is 21.8. The summed E-state index contributed by atoms with van der Waals surface area (Å²) >= 11 is 12.7. The second-order valence-corrected chi connectivity index (χ2v) is 10.3. The van der Waals surface area contributed by atoms with Crippen LogP contribution in [-0.2, 0) is 17.9 Å². The molecule has 2 fully saturated rings. The highest BCUT2D eigenvalue weighted by atomic mass is 35.5. The summed E-state index contributed by atoms with van der Waals surface area (Å²) in [5, 5.41) is 20.0. The topological polar surface area (TPSA) is 90.3 Å². The van der Waals surface area contributed by atoms with Gasteiger partial charge in [0.25, 0.3) is 0 Å². The first kappa shape index (κ1) is 26.7. The van der Waals surface area contributed by atoms with Gasteiger partial charge in [-0.3, -0.25) is 14.6 Å². The molecule has 0 aromatic heterocycles. The first-order valence-corrected chi connectivity index (χ1v) is 13.3. The number of ether oxygens (including phenoxy) is 1. The van der Waals surface area contributed by atoms with Crippen LogP contribution >= 0.6 is 23.2 Å². The maximum absolute atomic E-state index is 13.6. The molecule has 0 radical (unpaired) electrons. The number of rotatable bonds is 9. The minimum atomic E-state index is -1.14. The van der Waals surface area contributed by atoms with E-state index < -0.39 is 12.6 Å². The molecule has 0 aliphatic carbocycles. The molecule has 2 aromatic rings. The molecular formula is C27H32Cl2N2O5. The first-order chi connectivity index (χ1) is 17.3. The molecule has 2 heterocycles. The summed E-state index contributed by atoms with van der Waals surface area (Å²) in [6, 6.07) is 6.46. The van der Waals surface area contributed by atoms with E-state index in [4.69, 9.17) is 33.0 Å². The van der Waals surface area contributed by atoms with E-state index in [1.54, 1.807) is 12.1 Å². The number of aliphatic carboxylic acids is 1. The molecule has 194 valence electrons. The number of piperidine rings is 2. The quantitative estimate of drug-likeness (QED) is 0.418. The highest BCUT2D eigenvalue weighted by Crippen LogP contribution is 2.37. The van der Waals surface area contributed by atoms with Crippen LogP contribution in [0.3, 0.4) is 0 Å². The van der Waals surface area contributed by atoms with Gasteiger partial charge in [-0.1, -0.05) is 36.0 Å². The van der Waals surface area contributed by atoms with E-state index in [-0.39, 0.29) is 32.9 Å². The number of carboxylic acid groups (broad SMARTS) is 1. The molecule has 9 heteroatoms. The number of aromatic hydroxyl groups is 1. The number of hydrogen-bond donors (Lipinski definition) is 2. The Kier molecular flexibility index (Phi) is 9.12. The third kappa shape index (κ3) is 6.51. The Hall–Kier alpha value is -2.32. The Morgan fingerprint density at radius 3 is 1.86 bits per heavy atom. The number of carboxylic acids is 1. The number of phenolic OH excluding ortho intramolecular Hbond substituents is 1. The summed E-state index contributed by atoms with van der Waals surface area (Å²) in [5.41, 5.74) is 2.10. The number of halogens is 2. The predicted octanol–water partition coefficient (Wildman–Crippen LogP) is 5.37. The van der Waals surface area contributed by atoms with Gasteiger partial charge in [0, 0.05) is 35.3 Å². The number of carbonyl (C=O) groups excluding carboxylic acids is 1. The normalized spacial score (nSPS) is 17.2. The lowest BCUT2D eigenvalue weighted by Gasteiger charge is -2.29. The van der Waals surface area contributed by atoms with Crippen molar-refractivity contribution in [2.45, 2.75) is 51.6 Å². The number of ketones is 1. The number of hydrogen-bond acceptors (Lipinski definition) is 6. The fraction of sp³-hybridized carbons (Fsp3) is 0.481. The minimum absolute atomic E-state index is 0.00721. The summed E-state index contributed by atoms with van der Waals surface area (Å²) in [5.74, 6) is -1.10. The van der Waals surface area contributed by atoms with Gasteiger partial charge in [-0.2, -0.15) is 0 Å². The van der Waals surface area contributed by atoms with Gasteiger partial charge >= 0.3 is 5.97 Å². The van der Waals surface area contributed by atoms with Gasteiger partial charge in [0.1, 0.15) is 16.5 Å². The monoisotopic (exact) mass is 534 g/mol. The van der Waals surface area contributed by atoms with Gasteiger partial charge in [0.05, 0.1) is 5.02 Å². The van der Waals surface area contributed by atoms with Crippen LogP contribution in [0.15, 0.2) is 24.3 Å². The van der Waals surface area contributed by atoms with Gasteiger partial charge in [-0.25, -0.2) is 4.79 Å². The summed E-state index contributed by atoms with van der Waals surface area (Å²) in [6.45, 7) is 4.47. The van der Waals surface area contributed by atoms with E-state index >= 15 is 0 Å². The molecule has 0 spiro atoms. The van der Waals surface area contributed by atoms with E-state index in [1.807, 2.05) is 0 Å². The fourth-order valence-electron chi connectivity index (χ4n) is 4.96. The minimum Gasteiger partial charge on any atom is -0.507 e. The lowest BCUT2D eigenvalue weighted by molar-refractivity contribution is -0.139. The van der Waals surface area contributed by atoms with Crippen LogP contribution in [0.25, 0.3) is 0 Å². The van der Waals surface area contributed by atoms with Crippen molar-refractivity contribution in [2.75, 3.05) is 32.8 Å². The Balaban J connectivity index is 1.66. The van der Waals surface area contributed by atoms with Crippen molar-refractivity contribution in [2.24, 2.45) is 0 Å². The smallest absolute Gasteiger partial charge is 0.341 e. The van der Waals surface area contributed by atoms with Gasteiger partial charge in [0.2, 0.25) is 0 Å². The Labute approximate surface area is 221 Å². The third-order valence-electron chi connectivity index (χ3n) is 6.86. The highest BCUT2D eigenvalue weighted by Gasteiger charge is 2.23. The van der Waals surface area contributed by atoms with E-state index in [2.05, 4.69) is 9.80 Å². The Morgan fingerprint density at radius 2 is 1.36 bits per heavy atom. The SMILES string of the molecule is O=C(O)COc1ccc(C(=O)c2cc(CN3CCCCC3)c(O)c(CN3CCCCC3)c2)c(Cl)c1Cl. The summed E-state index contributed by atoms with van der Waals surface area (Å²) in [4.78, 5) is 29.1. The van der Waals surface area contributed by atoms with Crippen LogP contribution in [0.1, 0.15) is 65.6 Å². The van der Waals surface area contributed by atoms with Crippen molar-refractivity contribution in [1.82, 2.24) is 9.80 Å². The summed E-state index contributed by atoms with van der Waals surface area (Å²) < 4.78 is 5.17. The fourth-order valence-corrected chi connectivity index (χ4v) is 5.42. The van der Waals surface area contributed by atoms with Crippen LogP contribution in [0.4, 0.5) is 0 Å². The lowest BCUT2D eigenvalue weighted by Crippen LogP contribution is -2.30. The molecule has 2 aromatic carbocycles. The van der Waals surface area contributed by atoms with Crippen LogP contribution in [-0.4, -0.2) is 64.6 Å². The molecule has 2 saturated heterocycles. The van der Waals surface area contributed by atoms with Crippen LogP contribution < -0.4 is 4.74 Å². The van der Waals surface area contributed by atoms with Crippen molar-refractivity contribution in [3.8, 4) is 11.5 Å². The third-order valence-corrected chi connectivity index (χ3v) is 7.72. The summed E-state index contributed by atoms with van der Waals surface area (Å²) in [6.07, 6.45) is 6.95. The maximum Gasteiger partial charge on any atom is 0.341 e. The first-order valence-electron chi connectivity index (χ1n) is 12.5. The second-order valence-electron chi connectivity index (χ2n) is 9.57. The van der Waals surface area contributed by atoms with Gasteiger partial charge in [-0.15, -0.1) is 0 Å². The molecule has 36 heavy (non-hydrogen) atoms. The van der Waals surface area contributed by atoms with E-state index in [9.17, 15) is 14.7 Å². The van der Waals surface area contributed by atoms with Crippen LogP contribution in [0.5, 0.6) is 11.5 Å². The number of phenols is 1. The van der Waals surface area contributed by atoms with Crippen molar-refractivity contribution in [3.05, 3.63) is 56.6 Å². The average Bonchev–Trinajstić information content (AvgIpc) is 2.88. The van der Waals surface area contributed by atoms with Crippen LogP contribution in [0.2, 0.25) is 10.0 Å². The van der Waals surface area contributed by atoms with Gasteiger partial charge in [0.15, 0.2) is 12.4 Å². The molecule has 0 saturated carbocycles. The Morgan fingerprint density at radius 1 is 0.833 bits per heavy atom. The molecule has 2 N–H and O–H groups in total. The van der Waals surface area contributed by atoms with Crippen LogP contribution in [0, 0.1) is 0 Å². The number of benzene rings is 2. The van der Waals surface area contributed by atoms with Gasteiger partial charge in [-0.05, 0) is 76.1 Å². The number of likely N-dealkylation sites (tertiary alicyclic amines) is 2. The molecule has 2 aliphatic rings. The van der Waals surface area contributed by atoms with Gasteiger partial charge < -0.3 is 14.9 Å². The van der Waals surface area contributed by atoms with E-state index in [0.717, 1.165) is 63.0 Å². The number of carbonyl (C=O) groups is 2. The molecule has 7 nitrogen and oxygen atoms in total.